The Hall–Kier alpha value is -2.25. The molecular formula is C19H26BN3O3. The standard InChI is InChI=1S/C19H26BN3O3/c1-20(24)23-11-3-4-17(13-23)22-16-7-10-19(21-12-16)26-14-15-5-8-18(25-2)9-6-15/h5-10,12,17,22,24H,3-4,11,13-14H2,1-2H3/t17-/m1/s1. The van der Waals surface area contributed by atoms with Crippen LogP contribution in [0, 0.1) is 0 Å². The van der Waals surface area contributed by atoms with Gasteiger partial charge in [-0.1, -0.05) is 12.1 Å². The number of hydrogen-bond acceptors (Lipinski definition) is 6. The number of pyridine rings is 1. The fourth-order valence-electron chi connectivity index (χ4n) is 3.13. The molecule has 1 aromatic heterocycles. The van der Waals surface area contributed by atoms with E-state index >= 15 is 0 Å². The van der Waals surface area contributed by atoms with Crippen LogP contribution in [0.3, 0.4) is 0 Å². The summed E-state index contributed by atoms with van der Waals surface area (Å²) < 4.78 is 10.9. The molecule has 26 heavy (non-hydrogen) atoms. The van der Waals surface area contributed by atoms with Gasteiger partial charge in [0.1, 0.15) is 12.4 Å². The van der Waals surface area contributed by atoms with E-state index in [-0.39, 0.29) is 0 Å². The fraction of sp³-hybridized carbons (Fsp3) is 0.421. The Balaban J connectivity index is 1.50. The van der Waals surface area contributed by atoms with Crippen LogP contribution in [0.25, 0.3) is 0 Å². The van der Waals surface area contributed by atoms with Crippen molar-refractivity contribution in [3.63, 3.8) is 0 Å². The van der Waals surface area contributed by atoms with Crippen molar-refractivity contribution < 1.29 is 14.5 Å². The second kappa shape index (κ2) is 8.92. The Morgan fingerprint density at radius 2 is 2.08 bits per heavy atom. The molecule has 0 saturated carbocycles. The number of benzene rings is 1. The summed E-state index contributed by atoms with van der Waals surface area (Å²) in [5.41, 5.74) is 2.04. The van der Waals surface area contributed by atoms with Gasteiger partial charge >= 0.3 is 7.05 Å². The Morgan fingerprint density at radius 3 is 2.73 bits per heavy atom. The number of hydrogen-bond donors (Lipinski definition) is 2. The Kier molecular flexibility index (Phi) is 6.36. The molecule has 138 valence electrons. The molecule has 2 aromatic rings. The zero-order chi connectivity index (χ0) is 18.4. The van der Waals surface area contributed by atoms with Crippen LogP contribution in [0.5, 0.6) is 11.6 Å². The molecule has 0 aliphatic carbocycles. The molecule has 0 unspecified atom stereocenters. The smallest absolute Gasteiger partial charge is 0.376 e. The summed E-state index contributed by atoms with van der Waals surface area (Å²) in [4.78, 5) is 6.46. The highest BCUT2D eigenvalue weighted by Gasteiger charge is 2.24. The molecule has 0 bridgehead atoms. The summed E-state index contributed by atoms with van der Waals surface area (Å²) in [5.74, 6) is 1.43. The third-order valence-electron chi connectivity index (χ3n) is 4.63. The summed E-state index contributed by atoms with van der Waals surface area (Å²) in [6.07, 6.45) is 3.97. The van der Waals surface area contributed by atoms with E-state index in [0.29, 0.717) is 18.5 Å². The van der Waals surface area contributed by atoms with E-state index in [1.54, 1.807) is 13.3 Å². The molecule has 2 heterocycles. The van der Waals surface area contributed by atoms with Crippen LogP contribution in [0.2, 0.25) is 6.82 Å². The zero-order valence-corrected chi connectivity index (χ0v) is 15.4. The van der Waals surface area contributed by atoms with Crippen LogP contribution in [0.4, 0.5) is 5.69 Å². The van der Waals surface area contributed by atoms with Gasteiger partial charge in [0.25, 0.3) is 0 Å². The van der Waals surface area contributed by atoms with Crippen molar-refractivity contribution in [2.45, 2.75) is 32.3 Å². The van der Waals surface area contributed by atoms with Gasteiger partial charge in [0.15, 0.2) is 0 Å². The molecule has 0 radical (unpaired) electrons. The van der Waals surface area contributed by atoms with E-state index in [0.717, 1.165) is 42.9 Å². The van der Waals surface area contributed by atoms with E-state index in [9.17, 15) is 5.02 Å². The molecule has 1 fully saturated rings. The van der Waals surface area contributed by atoms with Crippen LogP contribution in [0.15, 0.2) is 42.6 Å². The minimum Gasteiger partial charge on any atom is -0.497 e. The van der Waals surface area contributed by atoms with Gasteiger partial charge in [-0.05, 0) is 50.0 Å². The summed E-state index contributed by atoms with van der Waals surface area (Å²) in [6, 6.07) is 12.0. The number of nitrogens with zero attached hydrogens (tertiary/aromatic N) is 2. The van der Waals surface area contributed by atoms with Crippen LogP contribution < -0.4 is 14.8 Å². The Bertz CT molecular complexity index is 679. The minimum absolute atomic E-state index is 0.325. The first-order valence-corrected chi connectivity index (χ1v) is 9.04. The summed E-state index contributed by atoms with van der Waals surface area (Å²) in [5, 5.41) is 13.2. The topological polar surface area (TPSA) is 66.9 Å². The third-order valence-corrected chi connectivity index (χ3v) is 4.63. The summed E-state index contributed by atoms with van der Waals surface area (Å²) in [7, 11) is 1.26. The van der Waals surface area contributed by atoms with E-state index in [2.05, 4.69) is 15.1 Å². The van der Waals surface area contributed by atoms with Crippen molar-refractivity contribution in [2.75, 3.05) is 25.5 Å². The second-order valence-electron chi connectivity index (χ2n) is 6.63. The molecule has 2 N–H and O–H groups in total. The van der Waals surface area contributed by atoms with Crippen molar-refractivity contribution >= 4 is 12.7 Å². The number of piperidine rings is 1. The molecule has 1 aromatic carbocycles. The lowest BCUT2D eigenvalue weighted by Crippen LogP contribution is -2.48. The van der Waals surface area contributed by atoms with Crippen LogP contribution in [0.1, 0.15) is 18.4 Å². The van der Waals surface area contributed by atoms with Gasteiger partial charge in [-0.25, -0.2) is 4.98 Å². The van der Waals surface area contributed by atoms with Gasteiger partial charge in [-0.15, -0.1) is 0 Å². The van der Waals surface area contributed by atoms with E-state index in [1.165, 1.54) is 0 Å². The van der Waals surface area contributed by atoms with Crippen molar-refractivity contribution in [3.05, 3.63) is 48.2 Å². The van der Waals surface area contributed by atoms with Crippen molar-refractivity contribution in [1.29, 1.82) is 0 Å². The first kappa shape index (κ1) is 18.5. The molecule has 7 heteroatoms. The summed E-state index contributed by atoms with van der Waals surface area (Å²) in [6.45, 7) is 4.08. The molecule has 1 saturated heterocycles. The molecule has 0 amide bonds. The van der Waals surface area contributed by atoms with Gasteiger partial charge in [0, 0.05) is 18.7 Å². The molecular weight excluding hydrogens is 329 g/mol. The zero-order valence-electron chi connectivity index (χ0n) is 15.4. The highest BCUT2D eigenvalue weighted by atomic mass is 16.5. The SMILES string of the molecule is COc1ccc(COc2ccc(N[C@@H]3CCCN(B(C)O)C3)cn2)cc1. The first-order chi connectivity index (χ1) is 12.6. The van der Waals surface area contributed by atoms with Gasteiger partial charge in [0.2, 0.25) is 5.88 Å². The largest absolute Gasteiger partial charge is 0.497 e. The molecule has 0 spiro atoms. The predicted octanol–water partition coefficient (Wildman–Crippen LogP) is 2.66. The third kappa shape index (κ3) is 5.13. The number of aromatic nitrogens is 1. The van der Waals surface area contributed by atoms with Crippen LogP contribution >= 0.6 is 0 Å². The number of nitrogens with one attached hydrogen (secondary N) is 1. The number of methoxy groups -OCH3 is 1. The molecule has 1 aliphatic heterocycles. The average molecular weight is 355 g/mol. The maximum absolute atomic E-state index is 9.74. The fourth-order valence-corrected chi connectivity index (χ4v) is 3.13. The molecule has 3 rings (SSSR count). The lowest BCUT2D eigenvalue weighted by atomic mass is 9.82. The highest BCUT2D eigenvalue weighted by Crippen LogP contribution is 2.19. The van der Waals surface area contributed by atoms with Gasteiger partial charge < -0.3 is 24.6 Å². The van der Waals surface area contributed by atoms with Gasteiger partial charge in [-0.2, -0.15) is 0 Å². The number of anilines is 1. The van der Waals surface area contributed by atoms with E-state index in [4.69, 9.17) is 9.47 Å². The monoisotopic (exact) mass is 355 g/mol. The maximum Gasteiger partial charge on any atom is 0.376 e. The lowest BCUT2D eigenvalue weighted by Gasteiger charge is -2.34. The Labute approximate surface area is 155 Å². The highest BCUT2D eigenvalue weighted by molar-refractivity contribution is 6.45. The average Bonchev–Trinajstić information content (AvgIpc) is 2.68. The quantitative estimate of drug-likeness (QED) is 0.745. The second-order valence-corrected chi connectivity index (χ2v) is 6.63. The predicted molar refractivity (Wildman–Crippen MR) is 104 cm³/mol. The normalized spacial score (nSPS) is 17.6. The van der Waals surface area contributed by atoms with Crippen LogP contribution in [-0.4, -0.2) is 48.1 Å². The van der Waals surface area contributed by atoms with Crippen molar-refractivity contribution in [1.82, 2.24) is 9.79 Å². The van der Waals surface area contributed by atoms with Gasteiger partial charge in [-0.3, -0.25) is 0 Å². The maximum atomic E-state index is 9.74. The lowest BCUT2D eigenvalue weighted by molar-refractivity contribution is 0.292. The summed E-state index contributed by atoms with van der Waals surface area (Å²) >= 11 is 0. The number of ether oxygens (including phenoxy) is 2. The first-order valence-electron chi connectivity index (χ1n) is 9.04. The minimum atomic E-state index is -0.397. The molecule has 6 nitrogen and oxygen atoms in total. The van der Waals surface area contributed by atoms with Crippen LogP contribution in [-0.2, 0) is 6.61 Å². The Morgan fingerprint density at radius 1 is 1.27 bits per heavy atom. The van der Waals surface area contributed by atoms with Crippen molar-refractivity contribution in [3.8, 4) is 11.6 Å². The van der Waals surface area contributed by atoms with E-state index in [1.807, 2.05) is 43.2 Å². The van der Waals surface area contributed by atoms with E-state index < -0.39 is 7.05 Å². The van der Waals surface area contributed by atoms with Crippen molar-refractivity contribution in [2.24, 2.45) is 0 Å². The van der Waals surface area contributed by atoms with Gasteiger partial charge in [0.05, 0.1) is 19.0 Å². The molecule has 1 aliphatic rings. The molecule has 1 atom stereocenters. The number of rotatable bonds is 7.